The number of ketones is 1. The van der Waals surface area contributed by atoms with Crippen molar-refractivity contribution >= 4 is 11.7 Å². The number of nitrogens with one attached hydrogen (secondary N) is 1. The fraction of sp³-hybridized carbons (Fsp3) is 0.462. The molecule has 30 heavy (non-hydrogen) atoms. The molecule has 0 spiro atoms. The molecule has 1 N–H and O–H groups in total. The maximum Gasteiger partial charge on any atom is 0.251 e. The number of amides is 1. The monoisotopic (exact) mass is 404 g/mol. The smallest absolute Gasteiger partial charge is 0.251 e. The molecule has 0 aromatic heterocycles. The van der Waals surface area contributed by atoms with Gasteiger partial charge in [0.1, 0.15) is 5.78 Å². The lowest BCUT2D eigenvalue weighted by atomic mass is 9.83. The molecule has 4 nitrogen and oxygen atoms in total. The molecule has 0 radical (unpaired) electrons. The predicted molar refractivity (Wildman–Crippen MR) is 120 cm³/mol. The van der Waals surface area contributed by atoms with Gasteiger partial charge in [0, 0.05) is 31.5 Å². The number of benzene rings is 2. The number of carbonyl (C=O) groups is 2. The normalized spacial score (nSPS) is 17.9. The summed E-state index contributed by atoms with van der Waals surface area (Å²) < 4.78 is 0. The molecular formula is C26H32N2O2. The van der Waals surface area contributed by atoms with Gasteiger partial charge >= 0.3 is 0 Å². The van der Waals surface area contributed by atoms with Gasteiger partial charge in [-0.15, -0.1) is 0 Å². The third-order valence-electron chi connectivity index (χ3n) is 6.51. The largest absolute Gasteiger partial charge is 0.352 e. The maximum atomic E-state index is 12.5. The van der Waals surface area contributed by atoms with E-state index in [1.54, 1.807) is 0 Å². The summed E-state index contributed by atoms with van der Waals surface area (Å²) in [5, 5.41) is 3.03. The molecule has 0 bridgehead atoms. The molecule has 1 aliphatic carbocycles. The molecule has 2 fully saturated rings. The number of nitrogens with zero attached hydrogens (tertiary/aromatic N) is 1. The van der Waals surface area contributed by atoms with E-state index in [1.807, 2.05) is 12.1 Å². The Morgan fingerprint density at radius 2 is 1.53 bits per heavy atom. The number of likely N-dealkylation sites (tertiary alicyclic amines) is 1. The van der Waals surface area contributed by atoms with Crippen molar-refractivity contribution in [1.82, 2.24) is 10.2 Å². The molecule has 1 saturated heterocycles. The second-order valence-corrected chi connectivity index (χ2v) is 8.74. The van der Waals surface area contributed by atoms with Gasteiger partial charge in [-0.3, -0.25) is 14.5 Å². The van der Waals surface area contributed by atoms with Crippen molar-refractivity contribution in [2.45, 2.75) is 57.4 Å². The molecule has 2 aromatic rings. The molecule has 2 aliphatic rings. The van der Waals surface area contributed by atoms with Crippen molar-refractivity contribution in [3.05, 3.63) is 70.8 Å². The van der Waals surface area contributed by atoms with Crippen molar-refractivity contribution in [3.8, 4) is 0 Å². The summed E-state index contributed by atoms with van der Waals surface area (Å²) in [6.07, 6.45) is 6.72. The van der Waals surface area contributed by atoms with E-state index in [4.69, 9.17) is 0 Å². The first kappa shape index (κ1) is 20.8. The van der Waals surface area contributed by atoms with Crippen LogP contribution in [0.1, 0.15) is 71.5 Å². The van der Waals surface area contributed by atoms with Crippen LogP contribution >= 0.6 is 0 Å². The first-order valence-electron chi connectivity index (χ1n) is 11.4. The Hall–Kier alpha value is -2.46. The van der Waals surface area contributed by atoms with Crippen LogP contribution in [0.15, 0.2) is 48.5 Å². The van der Waals surface area contributed by atoms with Gasteiger partial charge in [-0.2, -0.15) is 0 Å². The van der Waals surface area contributed by atoms with Gasteiger partial charge in [0.2, 0.25) is 0 Å². The summed E-state index contributed by atoms with van der Waals surface area (Å²) in [7, 11) is 0. The van der Waals surface area contributed by atoms with Gasteiger partial charge in [0.25, 0.3) is 5.91 Å². The first-order valence-corrected chi connectivity index (χ1v) is 11.4. The zero-order valence-electron chi connectivity index (χ0n) is 17.7. The molecule has 1 heterocycles. The Labute approximate surface area is 179 Å². The van der Waals surface area contributed by atoms with Crippen LogP contribution in [0.5, 0.6) is 0 Å². The van der Waals surface area contributed by atoms with E-state index in [9.17, 15) is 9.59 Å². The average molecular weight is 405 g/mol. The lowest BCUT2D eigenvalue weighted by Crippen LogP contribution is -2.25. The molecule has 0 atom stereocenters. The summed E-state index contributed by atoms with van der Waals surface area (Å²) in [4.78, 5) is 26.4. The maximum absolute atomic E-state index is 12.5. The Kier molecular flexibility index (Phi) is 6.96. The number of rotatable bonds is 7. The zero-order chi connectivity index (χ0) is 20.8. The average Bonchev–Trinajstić information content (AvgIpc) is 3.29. The van der Waals surface area contributed by atoms with Gasteiger partial charge in [-0.05, 0) is 79.9 Å². The van der Waals surface area contributed by atoms with Crippen molar-refractivity contribution in [1.29, 1.82) is 0 Å². The lowest BCUT2D eigenvalue weighted by Gasteiger charge is -2.21. The van der Waals surface area contributed by atoms with Crippen LogP contribution in [0.2, 0.25) is 0 Å². The summed E-state index contributed by atoms with van der Waals surface area (Å²) in [5.41, 5.74) is 4.56. The third-order valence-corrected chi connectivity index (χ3v) is 6.51. The fourth-order valence-corrected chi connectivity index (χ4v) is 4.61. The standard InChI is InChI=1S/C26H32N2O2/c29-25-13-11-23(12-14-25)22-7-9-24(10-8-22)26(30)27-16-15-20-3-5-21(6-4-20)19-28-17-1-2-18-28/h3-10,23H,1-2,11-19H2,(H,27,30). The predicted octanol–water partition coefficient (Wildman–Crippen LogP) is 4.48. The second-order valence-electron chi connectivity index (χ2n) is 8.74. The van der Waals surface area contributed by atoms with Gasteiger partial charge in [0.05, 0.1) is 0 Å². The van der Waals surface area contributed by atoms with Crippen LogP contribution in [0.4, 0.5) is 0 Å². The molecule has 4 rings (SSSR count). The van der Waals surface area contributed by atoms with Crippen LogP contribution in [0.3, 0.4) is 0 Å². The van der Waals surface area contributed by atoms with E-state index in [0.717, 1.165) is 25.8 Å². The van der Waals surface area contributed by atoms with Gasteiger partial charge in [0.15, 0.2) is 0 Å². The zero-order valence-corrected chi connectivity index (χ0v) is 17.7. The Morgan fingerprint density at radius 1 is 0.900 bits per heavy atom. The summed E-state index contributed by atoms with van der Waals surface area (Å²) in [6.45, 7) is 4.12. The highest BCUT2D eigenvalue weighted by atomic mass is 16.1. The minimum atomic E-state index is -0.0222. The molecular weight excluding hydrogens is 372 g/mol. The minimum Gasteiger partial charge on any atom is -0.352 e. The molecule has 2 aromatic carbocycles. The number of hydrogen-bond donors (Lipinski definition) is 1. The highest BCUT2D eigenvalue weighted by molar-refractivity contribution is 5.94. The summed E-state index contributed by atoms with van der Waals surface area (Å²) in [6, 6.07) is 16.7. The fourth-order valence-electron chi connectivity index (χ4n) is 4.61. The third kappa shape index (κ3) is 5.57. The van der Waals surface area contributed by atoms with Crippen molar-refractivity contribution in [2.75, 3.05) is 19.6 Å². The van der Waals surface area contributed by atoms with Crippen LogP contribution in [0.25, 0.3) is 0 Å². The minimum absolute atomic E-state index is 0.0222. The molecule has 1 saturated carbocycles. The van der Waals surface area contributed by atoms with Crippen molar-refractivity contribution in [3.63, 3.8) is 0 Å². The van der Waals surface area contributed by atoms with E-state index in [2.05, 4.69) is 46.6 Å². The second kappa shape index (κ2) is 10.0. The molecule has 0 unspecified atom stereocenters. The molecule has 4 heteroatoms. The SMILES string of the molecule is O=C1CCC(c2ccc(C(=O)NCCc3ccc(CN4CCCC4)cc3)cc2)CC1. The van der Waals surface area contributed by atoms with Gasteiger partial charge < -0.3 is 5.32 Å². The lowest BCUT2D eigenvalue weighted by molar-refractivity contribution is -0.120. The number of Topliss-reactive ketones (excluding diaryl/α,β-unsaturated/α-hetero) is 1. The highest BCUT2D eigenvalue weighted by Crippen LogP contribution is 2.31. The van der Waals surface area contributed by atoms with E-state index >= 15 is 0 Å². The topological polar surface area (TPSA) is 49.4 Å². The Morgan fingerprint density at radius 3 is 2.20 bits per heavy atom. The van der Waals surface area contributed by atoms with Gasteiger partial charge in [-0.1, -0.05) is 36.4 Å². The van der Waals surface area contributed by atoms with Crippen LogP contribution in [0, 0.1) is 0 Å². The van der Waals surface area contributed by atoms with Crippen molar-refractivity contribution < 1.29 is 9.59 Å². The van der Waals surface area contributed by atoms with Crippen LogP contribution in [-0.4, -0.2) is 36.2 Å². The first-order chi connectivity index (χ1) is 14.7. The number of carbonyl (C=O) groups excluding carboxylic acids is 2. The Balaban J connectivity index is 1.22. The van der Waals surface area contributed by atoms with E-state index in [1.165, 1.54) is 42.6 Å². The van der Waals surface area contributed by atoms with Crippen LogP contribution < -0.4 is 5.32 Å². The summed E-state index contributed by atoms with van der Waals surface area (Å²) in [5.74, 6) is 0.808. The molecule has 1 amide bonds. The molecule has 1 aliphatic heterocycles. The van der Waals surface area contributed by atoms with E-state index in [-0.39, 0.29) is 5.91 Å². The number of hydrogen-bond acceptors (Lipinski definition) is 3. The quantitative estimate of drug-likeness (QED) is 0.740. The van der Waals surface area contributed by atoms with E-state index in [0.29, 0.717) is 36.7 Å². The van der Waals surface area contributed by atoms with Gasteiger partial charge in [-0.25, -0.2) is 0 Å². The van der Waals surface area contributed by atoms with Crippen LogP contribution in [-0.2, 0) is 17.8 Å². The van der Waals surface area contributed by atoms with E-state index < -0.39 is 0 Å². The van der Waals surface area contributed by atoms with Crippen molar-refractivity contribution in [2.24, 2.45) is 0 Å². The summed E-state index contributed by atoms with van der Waals surface area (Å²) >= 11 is 0. The molecule has 158 valence electrons. The Bertz CT molecular complexity index is 842. The highest BCUT2D eigenvalue weighted by Gasteiger charge is 2.20.